The molecule has 0 bridgehead atoms. The Kier molecular flexibility index (Phi) is 4.98. The lowest BCUT2D eigenvalue weighted by Gasteiger charge is -2.11. The number of anilines is 1. The Bertz CT molecular complexity index is 1140. The Hall–Kier alpha value is -4.07. The van der Waals surface area contributed by atoms with Crippen molar-refractivity contribution < 1.29 is 14.1 Å². The molecule has 8 nitrogen and oxygen atoms in total. The molecule has 0 saturated carbocycles. The number of amides is 1. The topological polar surface area (TPSA) is 103 Å². The van der Waals surface area contributed by atoms with Crippen LogP contribution < -0.4 is 10.1 Å². The summed E-state index contributed by atoms with van der Waals surface area (Å²) >= 11 is 0. The van der Waals surface area contributed by atoms with Gasteiger partial charge in [-0.25, -0.2) is 4.98 Å². The molecule has 0 aliphatic heterocycles. The maximum absolute atomic E-state index is 13.0. The van der Waals surface area contributed by atoms with Gasteiger partial charge in [-0.1, -0.05) is 35.5 Å². The molecule has 4 rings (SSSR count). The third-order valence-corrected chi connectivity index (χ3v) is 4.27. The molecule has 144 valence electrons. The fraction of sp³-hybridized carbons (Fsp3) is 0.0952. The van der Waals surface area contributed by atoms with Crippen molar-refractivity contribution in [3.63, 3.8) is 0 Å². The number of hydrogen-bond donors (Lipinski definition) is 1. The van der Waals surface area contributed by atoms with Gasteiger partial charge in [0.2, 0.25) is 5.88 Å². The predicted molar refractivity (Wildman–Crippen MR) is 106 cm³/mol. The van der Waals surface area contributed by atoms with Crippen molar-refractivity contribution in [1.82, 2.24) is 20.3 Å². The van der Waals surface area contributed by atoms with E-state index in [-0.39, 0.29) is 11.8 Å². The number of carbonyl (C=O) groups is 1. The average Bonchev–Trinajstić information content (AvgIpc) is 3.16. The molecule has 3 aromatic heterocycles. The van der Waals surface area contributed by atoms with Crippen LogP contribution >= 0.6 is 0 Å². The summed E-state index contributed by atoms with van der Waals surface area (Å²) in [5, 5.41) is 14.8. The lowest BCUT2D eigenvalue weighted by molar-refractivity contribution is 0.102. The number of hydrogen-bond acceptors (Lipinski definition) is 7. The average molecular weight is 387 g/mol. The molecule has 1 N–H and O–H groups in total. The normalized spacial score (nSPS) is 10.6. The second-order valence-electron chi connectivity index (χ2n) is 6.14. The van der Waals surface area contributed by atoms with Crippen molar-refractivity contribution in [2.75, 3.05) is 12.4 Å². The highest BCUT2D eigenvalue weighted by Crippen LogP contribution is 2.29. The third kappa shape index (κ3) is 3.68. The summed E-state index contributed by atoms with van der Waals surface area (Å²) in [7, 11) is 1.48. The first-order chi connectivity index (χ1) is 14.2. The number of methoxy groups -OCH3 is 1. The minimum absolute atomic E-state index is 0.261. The van der Waals surface area contributed by atoms with Crippen molar-refractivity contribution in [2.45, 2.75) is 6.92 Å². The molecule has 0 unspecified atom stereocenters. The number of rotatable bonds is 5. The highest BCUT2D eigenvalue weighted by Gasteiger charge is 2.23. The molecule has 0 radical (unpaired) electrons. The number of aromatic nitrogens is 4. The van der Waals surface area contributed by atoms with Crippen LogP contribution in [-0.2, 0) is 0 Å². The van der Waals surface area contributed by atoms with Crippen LogP contribution in [0.25, 0.3) is 22.6 Å². The molecular formula is C21H17N5O3. The van der Waals surface area contributed by atoms with Crippen LogP contribution in [0.15, 0.2) is 65.3 Å². The summed E-state index contributed by atoms with van der Waals surface area (Å²) in [5.74, 6) is 0.316. The second-order valence-corrected chi connectivity index (χ2v) is 6.14. The molecule has 0 aliphatic rings. The summed E-state index contributed by atoms with van der Waals surface area (Å²) in [6.45, 7) is 1.70. The van der Waals surface area contributed by atoms with Crippen LogP contribution in [0, 0.1) is 6.92 Å². The quantitative estimate of drug-likeness (QED) is 0.556. The van der Waals surface area contributed by atoms with Gasteiger partial charge in [-0.05, 0) is 31.2 Å². The van der Waals surface area contributed by atoms with Gasteiger partial charge in [0.05, 0.1) is 12.8 Å². The van der Waals surface area contributed by atoms with E-state index in [4.69, 9.17) is 9.26 Å². The number of carbonyl (C=O) groups excluding carboxylic acids is 1. The van der Waals surface area contributed by atoms with E-state index in [1.54, 1.807) is 37.4 Å². The van der Waals surface area contributed by atoms with Crippen LogP contribution in [0.1, 0.15) is 16.1 Å². The SMILES string of the molecule is COc1nc(-c2cccnn2)ccc1NC(=O)c1c(-c2ccccc2)noc1C. The Morgan fingerprint density at radius 3 is 2.59 bits per heavy atom. The fourth-order valence-electron chi connectivity index (χ4n) is 2.89. The van der Waals surface area contributed by atoms with Crippen molar-refractivity contribution in [2.24, 2.45) is 0 Å². The summed E-state index contributed by atoms with van der Waals surface area (Å²) in [4.78, 5) is 17.4. The number of aryl methyl sites for hydroxylation is 1. The zero-order chi connectivity index (χ0) is 20.2. The molecule has 0 saturated heterocycles. The van der Waals surface area contributed by atoms with E-state index in [1.807, 2.05) is 30.3 Å². The van der Waals surface area contributed by atoms with Gasteiger partial charge in [0.15, 0.2) is 0 Å². The Balaban J connectivity index is 1.65. The van der Waals surface area contributed by atoms with Crippen LogP contribution in [0.5, 0.6) is 5.88 Å². The molecular weight excluding hydrogens is 370 g/mol. The molecule has 1 aromatic carbocycles. The molecule has 29 heavy (non-hydrogen) atoms. The molecule has 0 aliphatic carbocycles. The van der Waals surface area contributed by atoms with E-state index in [1.165, 1.54) is 7.11 Å². The Labute approximate surface area is 166 Å². The van der Waals surface area contributed by atoms with Crippen molar-refractivity contribution in [3.05, 3.63) is 72.1 Å². The zero-order valence-electron chi connectivity index (χ0n) is 15.8. The monoisotopic (exact) mass is 387 g/mol. The summed E-state index contributed by atoms with van der Waals surface area (Å²) < 4.78 is 10.6. The number of pyridine rings is 1. The molecule has 4 aromatic rings. The lowest BCUT2D eigenvalue weighted by Crippen LogP contribution is -2.14. The first-order valence-corrected chi connectivity index (χ1v) is 8.83. The maximum atomic E-state index is 13.0. The van der Waals surface area contributed by atoms with E-state index in [9.17, 15) is 4.79 Å². The van der Waals surface area contributed by atoms with Gasteiger partial charge in [0.1, 0.15) is 28.4 Å². The fourth-order valence-corrected chi connectivity index (χ4v) is 2.89. The third-order valence-electron chi connectivity index (χ3n) is 4.27. The predicted octanol–water partition coefficient (Wildman–Crippen LogP) is 3.76. The largest absolute Gasteiger partial charge is 0.479 e. The first kappa shape index (κ1) is 18.3. The summed E-state index contributed by atoms with van der Waals surface area (Å²) in [6, 6.07) is 16.4. The minimum atomic E-state index is -0.366. The van der Waals surface area contributed by atoms with Gasteiger partial charge in [0.25, 0.3) is 5.91 Å². The molecule has 8 heteroatoms. The first-order valence-electron chi connectivity index (χ1n) is 8.83. The van der Waals surface area contributed by atoms with Crippen LogP contribution in [0.2, 0.25) is 0 Å². The molecule has 3 heterocycles. The van der Waals surface area contributed by atoms with E-state index in [2.05, 4.69) is 25.7 Å². The van der Waals surface area contributed by atoms with Crippen LogP contribution in [0.3, 0.4) is 0 Å². The summed E-state index contributed by atoms with van der Waals surface area (Å²) in [5.41, 5.74) is 3.23. The maximum Gasteiger partial charge on any atom is 0.261 e. The Morgan fingerprint density at radius 2 is 1.86 bits per heavy atom. The van der Waals surface area contributed by atoms with Gasteiger partial charge in [-0.3, -0.25) is 4.79 Å². The summed E-state index contributed by atoms with van der Waals surface area (Å²) in [6.07, 6.45) is 1.58. The van der Waals surface area contributed by atoms with Gasteiger partial charge < -0.3 is 14.6 Å². The number of nitrogens with one attached hydrogen (secondary N) is 1. The number of nitrogens with zero attached hydrogens (tertiary/aromatic N) is 4. The van der Waals surface area contributed by atoms with Crippen molar-refractivity contribution >= 4 is 11.6 Å². The van der Waals surface area contributed by atoms with Gasteiger partial charge in [-0.2, -0.15) is 5.10 Å². The van der Waals surface area contributed by atoms with Gasteiger partial charge in [0, 0.05) is 11.8 Å². The highest BCUT2D eigenvalue weighted by molar-refractivity contribution is 6.09. The van der Waals surface area contributed by atoms with Crippen LogP contribution in [-0.4, -0.2) is 33.4 Å². The standard InChI is InChI=1S/C21H17N5O3/c1-13-18(19(26-29-13)14-7-4-3-5-8-14)20(27)23-17-11-10-15(24-21(17)28-2)16-9-6-12-22-25-16/h3-12H,1-2H3,(H,23,27). The van der Waals surface area contributed by atoms with Crippen molar-refractivity contribution in [3.8, 4) is 28.5 Å². The molecule has 0 fully saturated rings. The molecule has 0 spiro atoms. The number of benzene rings is 1. The van der Waals surface area contributed by atoms with Gasteiger partial charge >= 0.3 is 0 Å². The van der Waals surface area contributed by atoms with Crippen LogP contribution in [0.4, 0.5) is 5.69 Å². The van der Waals surface area contributed by atoms with E-state index < -0.39 is 0 Å². The second kappa shape index (κ2) is 7.89. The van der Waals surface area contributed by atoms with E-state index >= 15 is 0 Å². The smallest absolute Gasteiger partial charge is 0.261 e. The van der Waals surface area contributed by atoms with Gasteiger partial charge in [-0.15, -0.1) is 5.10 Å². The Morgan fingerprint density at radius 1 is 1.03 bits per heavy atom. The van der Waals surface area contributed by atoms with E-state index in [0.717, 1.165) is 5.56 Å². The molecule has 1 amide bonds. The minimum Gasteiger partial charge on any atom is -0.479 e. The highest BCUT2D eigenvalue weighted by atomic mass is 16.5. The van der Waals surface area contributed by atoms with Crippen molar-refractivity contribution in [1.29, 1.82) is 0 Å². The number of ether oxygens (including phenoxy) is 1. The zero-order valence-corrected chi connectivity index (χ0v) is 15.8. The van der Waals surface area contributed by atoms with E-state index in [0.29, 0.717) is 34.1 Å². The lowest BCUT2D eigenvalue weighted by atomic mass is 10.1. The molecule has 0 atom stereocenters.